The lowest BCUT2D eigenvalue weighted by molar-refractivity contribution is -0.116. The first kappa shape index (κ1) is 11.6. The van der Waals surface area contributed by atoms with Crippen molar-refractivity contribution in [2.75, 3.05) is 28.3 Å². The zero-order valence-electron chi connectivity index (χ0n) is 10.2. The van der Waals surface area contributed by atoms with Crippen LogP contribution in [0.15, 0.2) is 12.3 Å². The minimum atomic E-state index is -0.813. The molecule has 2 atom stereocenters. The number of anilines is 2. The minimum Gasteiger partial charge on any atom is -0.350 e. The molecule has 1 aromatic rings. The van der Waals surface area contributed by atoms with Gasteiger partial charge in [-0.15, -0.1) is 0 Å². The van der Waals surface area contributed by atoms with Gasteiger partial charge in [0.1, 0.15) is 0 Å². The lowest BCUT2D eigenvalue weighted by Gasteiger charge is -2.34. The maximum atomic E-state index is 11.9. The molecule has 2 aliphatic heterocycles. The standard InChI is InChI=1S/C12H15N3O2S/c1-8-2-3-13-12-11(8)14-10(16)6-9-7-18(17)5-4-15(9)12/h2-3,9H,4-7H2,1H3,(H,14,16). The highest BCUT2D eigenvalue weighted by molar-refractivity contribution is 7.85. The number of hydrogen-bond donors (Lipinski definition) is 1. The van der Waals surface area contributed by atoms with Crippen LogP contribution in [0.3, 0.4) is 0 Å². The van der Waals surface area contributed by atoms with Gasteiger partial charge >= 0.3 is 0 Å². The van der Waals surface area contributed by atoms with E-state index in [1.165, 1.54) is 0 Å². The number of hydrogen-bond acceptors (Lipinski definition) is 4. The van der Waals surface area contributed by atoms with Crippen molar-refractivity contribution in [1.82, 2.24) is 4.98 Å². The van der Waals surface area contributed by atoms with Crippen LogP contribution in [0, 0.1) is 6.92 Å². The summed E-state index contributed by atoms with van der Waals surface area (Å²) < 4.78 is 11.6. The zero-order valence-corrected chi connectivity index (χ0v) is 11.0. The Morgan fingerprint density at radius 2 is 2.39 bits per heavy atom. The Hall–Kier alpha value is -1.43. The highest BCUT2D eigenvalue weighted by Crippen LogP contribution is 2.33. The Morgan fingerprint density at radius 1 is 1.56 bits per heavy atom. The molecule has 1 aromatic heterocycles. The van der Waals surface area contributed by atoms with Crippen LogP contribution in [0.25, 0.3) is 0 Å². The number of pyridine rings is 1. The van der Waals surface area contributed by atoms with Crippen LogP contribution in [-0.2, 0) is 15.6 Å². The van der Waals surface area contributed by atoms with Gasteiger partial charge in [-0.25, -0.2) is 4.98 Å². The summed E-state index contributed by atoms with van der Waals surface area (Å²) in [4.78, 5) is 18.4. The Labute approximate surface area is 108 Å². The smallest absolute Gasteiger partial charge is 0.226 e. The van der Waals surface area contributed by atoms with E-state index in [1.807, 2.05) is 13.0 Å². The Kier molecular flexibility index (Phi) is 2.81. The first-order valence-corrected chi connectivity index (χ1v) is 7.51. The van der Waals surface area contributed by atoms with Crippen molar-refractivity contribution >= 4 is 28.2 Å². The third-order valence-electron chi connectivity index (χ3n) is 3.48. The number of fused-ring (bicyclic) bond motifs is 3. The second-order valence-electron chi connectivity index (χ2n) is 4.74. The number of amides is 1. The number of carbonyl (C=O) groups is 1. The lowest BCUT2D eigenvalue weighted by atomic mass is 10.2. The molecule has 6 heteroatoms. The Morgan fingerprint density at radius 3 is 3.22 bits per heavy atom. The minimum absolute atomic E-state index is 0.00938. The number of rotatable bonds is 0. The van der Waals surface area contributed by atoms with E-state index in [9.17, 15) is 9.00 Å². The molecule has 3 rings (SSSR count). The van der Waals surface area contributed by atoms with E-state index >= 15 is 0 Å². The fourth-order valence-corrected chi connectivity index (χ4v) is 3.83. The van der Waals surface area contributed by atoms with Crippen molar-refractivity contribution in [3.8, 4) is 0 Å². The van der Waals surface area contributed by atoms with Crippen molar-refractivity contribution in [3.63, 3.8) is 0 Å². The molecule has 1 amide bonds. The van der Waals surface area contributed by atoms with Gasteiger partial charge in [-0.3, -0.25) is 9.00 Å². The predicted octanol–water partition coefficient (Wildman–Crippen LogP) is 0.670. The second-order valence-corrected chi connectivity index (χ2v) is 6.36. The molecule has 2 aliphatic rings. The molecular weight excluding hydrogens is 250 g/mol. The van der Waals surface area contributed by atoms with Crippen LogP contribution < -0.4 is 10.2 Å². The average molecular weight is 265 g/mol. The highest BCUT2D eigenvalue weighted by atomic mass is 32.2. The van der Waals surface area contributed by atoms with E-state index in [2.05, 4.69) is 15.2 Å². The van der Waals surface area contributed by atoms with Crippen molar-refractivity contribution in [2.24, 2.45) is 0 Å². The van der Waals surface area contributed by atoms with Gasteiger partial charge in [-0.2, -0.15) is 0 Å². The maximum Gasteiger partial charge on any atom is 0.226 e. The third-order valence-corrected chi connectivity index (χ3v) is 4.87. The Bertz CT molecular complexity index is 532. The van der Waals surface area contributed by atoms with Gasteiger partial charge in [-0.1, -0.05) is 0 Å². The van der Waals surface area contributed by atoms with E-state index in [0.29, 0.717) is 24.5 Å². The lowest BCUT2D eigenvalue weighted by Crippen LogP contribution is -2.47. The molecule has 2 unspecified atom stereocenters. The fraction of sp³-hybridized carbons (Fsp3) is 0.500. The summed E-state index contributed by atoms with van der Waals surface area (Å²) in [5.41, 5.74) is 1.82. The zero-order chi connectivity index (χ0) is 12.7. The SMILES string of the molecule is Cc1ccnc2c1NC(=O)CC1CS(=O)CCN21. The summed E-state index contributed by atoms with van der Waals surface area (Å²) in [7, 11) is -0.813. The molecule has 3 heterocycles. The van der Waals surface area contributed by atoms with Crippen molar-refractivity contribution in [1.29, 1.82) is 0 Å². The number of carbonyl (C=O) groups excluding carboxylic acids is 1. The van der Waals surface area contributed by atoms with Crippen molar-refractivity contribution in [2.45, 2.75) is 19.4 Å². The molecule has 0 spiro atoms. The van der Waals surface area contributed by atoms with Gasteiger partial charge in [0.25, 0.3) is 0 Å². The molecule has 0 saturated carbocycles. The summed E-state index contributed by atoms with van der Waals surface area (Å²) in [5.74, 6) is 2.02. The molecular formula is C12H15N3O2S. The van der Waals surface area contributed by atoms with Crippen LogP contribution in [0.1, 0.15) is 12.0 Å². The normalized spacial score (nSPS) is 26.9. The summed E-state index contributed by atoms with van der Waals surface area (Å²) in [5, 5.41) is 2.92. The van der Waals surface area contributed by atoms with E-state index in [1.54, 1.807) is 6.20 Å². The van der Waals surface area contributed by atoms with Crippen LogP contribution in [0.5, 0.6) is 0 Å². The topological polar surface area (TPSA) is 62.3 Å². The van der Waals surface area contributed by atoms with Crippen LogP contribution in [0.2, 0.25) is 0 Å². The molecule has 1 saturated heterocycles. The number of aromatic nitrogens is 1. The molecule has 18 heavy (non-hydrogen) atoms. The second kappa shape index (κ2) is 4.35. The number of nitrogens with zero attached hydrogens (tertiary/aromatic N) is 2. The molecule has 0 bridgehead atoms. The van der Waals surface area contributed by atoms with Gasteiger partial charge in [0.15, 0.2) is 5.82 Å². The number of aryl methyl sites for hydroxylation is 1. The van der Waals surface area contributed by atoms with E-state index in [4.69, 9.17) is 0 Å². The largest absolute Gasteiger partial charge is 0.350 e. The van der Waals surface area contributed by atoms with Crippen molar-refractivity contribution < 1.29 is 9.00 Å². The van der Waals surface area contributed by atoms with Crippen LogP contribution in [0.4, 0.5) is 11.5 Å². The van der Waals surface area contributed by atoms with Gasteiger partial charge in [0.05, 0.1) is 11.7 Å². The molecule has 1 N–H and O–H groups in total. The molecule has 96 valence electrons. The van der Waals surface area contributed by atoms with Crippen LogP contribution >= 0.6 is 0 Å². The summed E-state index contributed by atoms with van der Waals surface area (Å²) >= 11 is 0. The summed E-state index contributed by atoms with van der Waals surface area (Å²) in [6.07, 6.45) is 2.15. The molecule has 0 radical (unpaired) electrons. The van der Waals surface area contributed by atoms with Gasteiger partial charge in [-0.05, 0) is 18.6 Å². The average Bonchev–Trinajstić information content (AvgIpc) is 2.45. The quantitative estimate of drug-likeness (QED) is 0.749. The van der Waals surface area contributed by atoms with Gasteiger partial charge < -0.3 is 10.2 Å². The van der Waals surface area contributed by atoms with E-state index < -0.39 is 10.8 Å². The molecule has 0 aliphatic carbocycles. The third kappa shape index (κ3) is 1.90. The molecule has 1 fully saturated rings. The maximum absolute atomic E-state index is 11.9. The highest BCUT2D eigenvalue weighted by Gasteiger charge is 2.33. The summed E-state index contributed by atoms with van der Waals surface area (Å²) in [6.45, 7) is 2.67. The van der Waals surface area contributed by atoms with Gasteiger partial charge in [0.2, 0.25) is 5.91 Å². The predicted molar refractivity (Wildman–Crippen MR) is 71.2 cm³/mol. The molecule has 0 aromatic carbocycles. The van der Waals surface area contributed by atoms with Gasteiger partial charge in [0, 0.05) is 41.5 Å². The van der Waals surface area contributed by atoms with E-state index in [-0.39, 0.29) is 11.9 Å². The first-order valence-electron chi connectivity index (χ1n) is 6.02. The van der Waals surface area contributed by atoms with E-state index in [0.717, 1.165) is 17.1 Å². The van der Waals surface area contributed by atoms with Crippen molar-refractivity contribution in [3.05, 3.63) is 17.8 Å². The summed E-state index contributed by atoms with van der Waals surface area (Å²) in [6, 6.07) is 1.90. The van der Waals surface area contributed by atoms with Crippen LogP contribution in [-0.4, -0.2) is 39.2 Å². The monoisotopic (exact) mass is 265 g/mol. The molecule has 5 nitrogen and oxygen atoms in total. The Balaban J connectivity index is 2.08. The number of nitrogens with one attached hydrogen (secondary N) is 1. The fourth-order valence-electron chi connectivity index (χ4n) is 2.54. The first-order chi connectivity index (χ1) is 8.65.